The number of carbonyl (C=O) groups excluding carboxylic acids is 1. The number of hydrogen-bond donors (Lipinski definition) is 2. The molecule has 0 fully saturated rings. The smallest absolute Gasteiger partial charge is 0.271 e. The Labute approximate surface area is 166 Å². The van der Waals surface area contributed by atoms with Gasteiger partial charge in [-0.25, -0.2) is 8.42 Å². The minimum atomic E-state index is -3.77. The number of nitrogens with zero attached hydrogens (tertiary/aromatic N) is 1. The first-order valence-corrected chi connectivity index (χ1v) is 10.6. The van der Waals surface area contributed by atoms with E-state index in [4.69, 9.17) is 11.6 Å². The molecule has 2 heterocycles. The van der Waals surface area contributed by atoms with Crippen LogP contribution in [0.5, 0.6) is 0 Å². The van der Waals surface area contributed by atoms with Crippen LogP contribution in [0, 0.1) is 6.92 Å². The van der Waals surface area contributed by atoms with E-state index in [1.54, 1.807) is 37.5 Å². The van der Waals surface area contributed by atoms with E-state index in [2.05, 4.69) is 15.0 Å². The van der Waals surface area contributed by atoms with Gasteiger partial charge in [0.05, 0.1) is 10.0 Å². The van der Waals surface area contributed by atoms with Crippen LogP contribution in [-0.4, -0.2) is 19.3 Å². The topological polar surface area (TPSA) is 88.2 Å². The molecule has 27 heavy (non-hydrogen) atoms. The van der Waals surface area contributed by atoms with Crippen molar-refractivity contribution in [2.75, 3.05) is 4.72 Å². The third-order valence-corrected chi connectivity index (χ3v) is 6.82. The maximum Gasteiger partial charge on any atom is 0.271 e. The molecule has 1 amide bonds. The highest BCUT2D eigenvalue weighted by Crippen LogP contribution is 2.28. The second-order valence-corrected chi connectivity index (χ2v) is 9.36. The molecule has 3 rings (SSSR count). The number of hydrogen-bond acceptors (Lipinski definition) is 5. The van der Waals surface area contributed by atoms with Crippen molar-refractivity contribution in [3.05, 3.63) is 75.9 Å². The van der Waals surface area contributed by atoms with Crippen molar-refractivity contribution in [2.24, 2.45) is 0 Å². The van der Waals surface area contributed by atoms with Gasteiger partial charge in [0, 0.05) is 24.5 Å². The molecule has 0 saturated heterocycles. The summed E-state index contributed by atoms with van der Waals surface area (Å²) in [7, 11) is -3.77. The van der Waals surface area contributed by atoms with Gasteiger partial charge in [-0.05, 0) is 48.4 Å². The van der Waals surface area contributed by atoms with Crippen molar-refractivity contribution in [1.29, 1.82) is 0 Å². The van der Waals surface area contributed by atoms with Crippen LogP contribution in [0.25, 0.3) is 0 Å². The van der Waals surface area contributed by atoms with Gasteiger partial charge in [-0.2, -0.15) is 0 Å². The Balaban J connectivity index is 1.76. The fraction of sp³-hybridized carbons (Fsp3) is 0.111. The third-order valence-electron chi connectivity index (χ3n) is 3.73. The third kappa shape index (κ3) is 4.85. The quantitative estimate of drug-likeness (QED) is 0.633. The Morgan fingerprint density at radius 3 is 2.70 bits per heavy atom. The molecule has 0 saturated carbocycles. The lowest BCUT2D eigenvalue weighted by Gasteiger charge is -2.12. The van der Waals surface area contributed by atoms with Crippen LogP contribution in [0.2, 0.25) is 4.34 Å². The summed E-state index contributed by atoms with van der Waals surface area (Å²) in [4.78, 5) is 16.4. The zero-order chi connectivity index (χ0) is 19.4. The fourth-order valence-electron chi connectivity index (χ4n) is 2.30. The number of rotatable bonds is 6. The number of nitrogens with one attached hydrogen (secondary N) is 2. The molecular weight excluding hydrogens is 406 g/mol. The summed E-state index contributed by atoms with van der Waals surface area (Å²) in [5.74, 6) is -0.307. The summed E-state index contributed by atoms with van der Waals surface area (Å²) in [5, 5.41) is 2.79. The number of aryl methyl sites for hydroxylation is 1. The maximum atomic E-state index is 12.5. The summed E-state index contributed by atoms with van der Waals surface area (Å²) in [6, 6.07) is 11.5. The van der Waals surface area contributed by atoms with Gasteiger partial charge in [0.15, 0.2) is 0 Å². The van der Waals surface area contributed by atoms with Gasteiger partial charge in [0.1, 0.15) is 4.21 Å². The minimum absolute atomic E-state index is 0.110. The van der Waals surface area contributed by atoms with Crippen LogP contribution in [0.15, 0.2) is 59.1 Å². The molecule has 6 nitrogen and oxygen atoms in total. The summed E-state index contributed by atoms with van der Waals surface area (Å²) < 4.78 is 28.0. The molecule has 0 unspecified atom stereocenters. The first-order valence-electron chi connectivity index (χ1n) is 7.91. The molecule has 1 aromatic carbocycles. The Hall–Kier alpha value is -2.42. The Bertz CT molecular complexity index is 1070. The van der Waals surface area contributed by atoms with Gasteiger partial charge in [0.25, 0.3) is 15.9 Å². The highest BCUT2D eigenvalue weighted by Gasteiger charge is 2.18. The number of sulfonamides is 1. The summed E-state index contributed by atoms with van der Waals surface area (Å²) >= 11 is 6.79. The summed E-state index contributed by atoms with van der Waals surface area (Å²) in [6.07, 6.45) is 3.32. The maximum absolute atomic E-state index is 12.5. The average molecular weight is 422 g/mol. The normalized spacial score (nSPS) is 11.2. The average Bonchev–Trinajstić information content (AvgIpc) is 3.10. The van der Waals surface area contributed by atoms with Crippen LogP contribution in [0.4, 0.5) is 5.69 Å². The molecule has 0 aliphatic carbocycles. The molecule has 2 N–H and O–H groups in total. The summed E-state index contributed by atoms with van der Waals surface area (Å²) in [6.45, 7) is 2.09. The zero-order valence-corrected chi connectivity index (χ0v) is 16.7. The minimum Gasteiger partial charge on any atom is -0.348 e. The number of thiophene rings is 1. The molecule has 3 aromatic rings. The van der Waals surface area contributed by atoms with E-state index >= 15 is 0 Å². The lowest BCUT2D eigenvalue weighted by Crippen LogP contribution is -2.23. The zero-order valence-electron chi connectivity index (χ0n) is 14.3. The van der Waals surface area contributed by atoms with Crippen LogP contribution in [0.3, 0.4) is 0 Å². The Morgan fingerprint density at radius 1 is 1.22 bits per heavy atom. The van der Waals surface area contributed by atoms with E-state index in [0.717, 1.165) is 16.9 Å². The van der Waals surface area contributed by atoms with E-state index in [-0.39, 0.29) is 10.1 Å². The molecule has 2 aromatic heterocycles. The fourth-order valence-corrected chi connectivity index (χ4v) is 4.90. The van der Waals surface area contributed by atoms with Crippen molar-refractivity contribution < 1.29 is 13.2 Å². The second kappa shape index (κ2) is 8.08. The van der Waals surface area contributed by atoms with Gasteiger partial charge in [0.2, 0.25) is 0 Å². The van der Waals surface area contributed by atoms with Gasteiger partial charge in [-0.1, -0.05) is 23.7 Å². The predicted molar refractivity (Wildman–Crippen MR) is 107 cm³/mol. The van der Waals surface area contributed by atoms with Crippen LogP contribution >= 0.6 is 22.9 Å². The SMILES string of the molecule is Cc1ccc(C(=O)NCc2cccnc2)cc1NS(=O)(=O)c1ccc(Cl)s1. The van der Waals surface area contributed by atoms with Gasteiger partial charge < -0.3 is 5.32 Å². The first-order chi connectivity index (χ1) is 12.8. The molecule has 0 bridgehead atoms. The van der Waals surface area contributed by atoms with E-state index in [1.165, 1.54) is 18.2 Å². The highest BCUT2D eigenvalue weighted by atomic mass is 35.5. The molecule has 140 valence electrons. The number of carbonyl (C=O) groups is 1. The Kier molecular flexibility index (Phi) is 5.79. The molecule has 0 aliphatic rings. The van der Waals surface area contributed by atoms with Crippen molar-refractivity contribution >= 4 is 44.6 Å². The van der Waals surface area contributed by atoms with Crippen molar-refractivity contribution in [1.82, 2.24) is 10.3 Å². The van der Waals surface area contributed by atoms with Gasteiger partial charge in [-0.15, -0.1) is 11.3 Å². The second-order valence-electron chi connectivity index (χ2n) is 5.74. The largest absolute Gasteiger partial charge is 0.348 e. The number of aromatic nitrogens is 1. The number of anilines is 1. The van der Waals surface area contributed by atoms with Crippen molar-refractivity contribution in [3.8, 4) is 0 Å². The predicted octanol–water partition coefficient (Wildman–Crippen LogP) is 3.84. The molecule has 9 heteroatoms. The van der Waals surface area contributed by atoms with Crippen LogP contribution < -0.4 is 10.0 Å². The van der Waals surface area contributed by atoms with Gasteiger partial charge in [-0.3, -0.25) is 14.5 Å². The number of pyridine rings is 1. The number of halogens is 1. The van der Waals surface area contributed by atoms with Crippen molar-refractivity contribution in [2.45, 2.75) is 17.7 Å². The first kappa shape index (κ1) is 19.3. The number of benzene rings is 1. The Morgan fingerprint density at radius 2 is 2.04 bits per heavy atom. The molecule has 0 atom stereocenters. The summed E-state index contributed by atoms with van der Waals surface area (Å²) in [5.41, 5.74) is 2.26. The standard InChI is InChI=1S/C18H16ClN3O3S2/c1-12-4-5-14(18(23)21-11-13-3-2-8-20-10-13)9-15(12)22-27(24,25)17-7-6-16(19)26-17/h2-10,22H,11H2,1H3,(H,21,23). The molecule has 0 radical (unpaired) electrons. The number of amides is 1. The molecule has 0 spiro atoms. The molecular formula is C18H16ClN3O3S2. The molecule has 0 aliphatic heterocycles. The van der Waals surface area contributed by atoms with Crippen molar-refractivity contribution in [3.63, 3.8) is 0 Å². The lowest BCUT2D eigenvalue weighted by atomic mass is 10.1. The van der Waals surface area contributed by atoms with Crippen LogP contribution in [-0.2, 0) is 16.6 Å². The van der Waals surface area contributed by atoms with E-state index in [9.17, 15) is 13.2 Å². The monoisotopic (exact) mass is 421 g/mol. The van der Waals surface area contributed by atoms with Crippen LogP contribution in [0.1, 0.15) is 21.5 Å². The highest BCUT2D eigenvalue weighted by molar-refractivity contribution is 7.94. The van der Waals surface area contributed by atoms with E-state index in [1.807, 2.05) is 6.07 Å². The lowest BCUT2D eigenvalue weighted by molar-refractivity contribution is 0.0951. The van der Waals surface area contributed by atoms with E-state index in [0.29, 0.717) is 27.7 Å². The van der Waals surface area contributed by atoms with Gasteiger partial charge >= 0.3 is 0 Å². The van der Waals surface area contributed by atoms with E-state index < -0.39 is 10.0 Å².